The van der Waals surface area contributed by atoms with E-state index in [2.05, 4.69) is 15.9 Å². The van der Waals surface area contributed by atoms with Gasteiger partial charge in [0.1, 0.15) is 5.75 Å². The molecule has 0 bridgehead atoms. The number of ether oxygens (including phenoxy) is 1. The molecule has 0 N–H and O–H groups in total. The summed E-state index contributed by atoms with van der Waals surface area (Å²) in [6.07, 6.45) is 1.26. The monoisotopic (exact) mass is 271 g/mol. The number of benzene rings is 1. The van der Waals surface area contributed by atoms with Crippen molar-refractivity contribution in [3.8, 4) is 5.75 Å². The fourth-order valence-corrected chi connectivity index (χ4v) is 2.12. The predicted molar refractivity (Wildman–Crippen MR) is 58.6 cm³/mol. The quantitative estimate of drug-likeness (QED) is 0.583. The van der Waals surface area contributed by atoms with Gasteiger partial charge in [-0.25, -0.2) is 0 Å². The highest BCUT2D eigenvalue weighted by Gasteiger charge is 2.28. The molecule has 0 saturated carbocycles. The number of nitro groups is 1. The van der Waals surface area contributed by atoms with Crippen molar-refractivity contribution < 1.29 is 9.66 Å². The van der Waals surface area contributed by atoms with E-state index in [9.17, 15) is 10.1 Å². The van der Waals surface area contributed by atoms with Crippen molar-refractivity contribution in [2.24, 2.45) is 0 Å². The zero-order valence-electron chi connectivity index (χ0n) is 7.98. The summed E-state index contributed by atoms with van der Waals surface area (Å²) >= 11 is 3.31. The average molecular weight is 272 g/mol. The number of halogens is 1. The van der Waals surface area contributed by atoms with Crippen LogP contribution in [0.5, 0.6) is 5.75 Å². The van der Waals surface area contributed by atoms with Gasteiger partial charge in [0.15, 0.2) is 0 Å². The van der Waals surface area contributed by atoms with Crippen LogP contribution in [0.15, 0.2) is 22.7 Å². The van der Waals surface area contributed by atoms with Gasteiger partial charge in [-0.3, -0.25) is 10.1 Å². The van der Waals surface area contributed by atoms with E-state index in [1.807, 2.05) is 6.07 Å². The third-order valence-electron chi connectivity index (χ3n) is 2.46. The fraction of sp³-hybridized carbons (Fsp3) is 0.400. The maximum atomic E-state index is 10.9. The van der Waals surface area contributed by atoms with Gasteiger partial charge >= 0.3 is 0 Å². The van der Waals surface area contributed by atoms with E-state index in [-0.39, 0.29) is 4.92 Å². The molecule has 5 heteroatoms. The molecular weight excluding hydrogens is 262 g/mol. The minimum absolute atomic E-state index is 0.236. The van der Waals surface area contributed by atoms with Crippen LogP contribution in [0.25, 0.3) is 0 Å². The second-order valence-corrected chi connectivity index (χ2v) is 4.39. The first-order valence-electron chi connectivity index (χ1n) is 4.74. The van der Waals surface area contributed by atoms with Gasteiger partial charge in [-0.15, -0.1) is 0 Å². The lowest BCUT2D eigenvalue weighted by Crippen LogP contribution is -2.09. The van der Waals surface area contributed by atoms with Gasteiger partial charge in [0.25, 0.3) is 0 Å². The molecule has 1 aromatic carbocycles. The Morgan fingerprint density at radius 3 is 3.07 bits per heavy atom. The Kier molecular flexibility index (Phi) is 2.90. The van der Waals surface area contributed by atoms with Gasteiger partial charge < -0.3 is 4.74 Å². The van der Waals surface area contributed by atoms with Crippen LogP contribution in [0, 0.1) is 10.1 Å². The Balaban J connectivity index is 2.46. The first kappa shape index (κ1) is 10.4. The number of rotatable bonds is 1. The van der Waals surface area contributed by atoms with Crippen molar-refractivity contribution in [1.82, 2.24) is 0 Å². The van der Waals surface area contributed by atoms with Crippen LogP contribution in [0.1, 0.15) is 24.4 Å². The molecule has 0 fully saturated rings. The molecule has 15 heavy (non-hydrogen) atoms. The van der Waals surface area contributed by atoms with Crippen LogP contribution < -0.4 is 4.74 Å². The number of nitrogens with zero attached hydrogens (tertiary/aromatic N) is 1. The molecule has 1 aromatic rings. The Hall–Kier alpha value is -1.10. The van der Waals surface area contributed by atoms with Gasteiger partial charge in [-0.2, -0.15) is 0 Å². The summed E-state index contributed by atoms with van der Waals surface area (Å²) in [4.78, 5) is 10.7. The summed E-state index contributed by atoms with van der Waals surface area (Å²) in [6.45, 7) is 0.555. The van der Waals surface area contributed by atoms with Crippen molar-refractivity contribution >= 4 is 15.9 Å². The largest absolute Gasteiger partial charge is 0.493 e. The first-order chi connectivity index (χ1) is 7.18. The Morgan fingerprint density at radius 2 is 2.33 bits per heavy atom. The van der Waals surface area contributed by atoms with E-state index >= 15 is 0 Å². The number of hydrogen-bond donors (Lipinski definition) is 0. The molecule has 1 heterocycles. The smallest absolute Gasteiger partial charge is 0.241 e. The molecule has 1 unspecified atom stereocenters. The highest BCUT2D eigenvalue weighted by molar-refractivity contribution is 9.10. The summed E-state index contributed by atoms with van der Waals surface area (Å²) < 4.78 is 6.30. The predicted octanol–water partition coefficient (Wildman–Crippen LogP) is 2.94. The van der Waals surface area contributed by atoms with Crippen molar-refractivity contribution in [1.29, 1.82) is 0 Å². The average Bonchev–Trinajstić information content (AvgIpc) is 2.39. The van der Waals surface area contributed by atoms with Gasteiger partial charge in [0.2, 0.25) is 6.04 Å². The van der Waals surface area contributed by atoms with Crippen LogP contribution >= 0.6 is 15.9 Å². The molecule has 0 saturated heterocycles. The summed E-state index contributed by atoms with van der Waals surface area (Å²) in [6, 6.07) is 4.75. The minimum atomic E-state index is -0.639. The van der Waals surface area contributed by atoms with Crippen molar-refractivity contribution in [2.75, 3.05) is 6.61 Å². The third-order valence-corrected chi connectivity index (χ3v) is 2.96. The maximum absolute atomic E-state index is 10.9. The standard InChI is InChI=1S/C10H10BrNO3/c11-7-3-4-10-8(6-7)9(12(13)14)2-1-5-15-10/h3-4,6,9H,1-2,5H2. The normalized spacial score (nSPS) is 19.9. The van der Waals surface area contributed by atoms with Crippen molar-refractivity contribution in [3.63, 3.8) is 0 Å². The molecular formula is C10H10BrNO3. The van der Waals surface area contributed by atoms with Gasteiger partial charge in [-0.1, -0.05) is 15.9 Å². The van der Waals surface area contributed by atoms with Crippen molar-refractivity contribution in [3.05, 3.63) is 38.3 Å². The summed E-state index contributed by atoms with van der Waals surface area (Å²) in [7, 11) is 0. The topological polar surface area (TPSA) is 52.4 Å². The summed E-state index contributed by atoms with van der Waals surface area (Å²) in [5.74, 6) is 0.636. The lowest BCUT2D eigenvalue weighted by molar-refractivity contribution is -0.529. The van der Waals surface area contributed by atoms with Crippen LogP contribution in [-0.2, 0) is 0 Å². The fourth-order valence-electron chi connectivity index (χ4n) is 1.74. The second-order valence-electron chi connectivity index (χ2n) is 3.47. The zero-order chi connectivity index (χ0) is 10.8. The Labute approximate surface area is 95.5 Å². The number of fused-ring (bicyclic) bond motifs is 1. The molecule has 1 atom stereocenters. The van der Waals surface area contributed by atoms with Gasteiger partial charge in [0.05, 0.1) is 12.2 Å². The van der Waals surface area contributed by atoms with Crippen LogP contribution in [0.2, 0.25) is 0 Å². The third kappa shape index (κ3) is 2.12. The lowest BCUT2D eigenvalue weighted by atomic mass is 10.0. The van der Waals surface area contributed by atoms with E-state index in [4.69, 9.17) is 4.74 Å². The van der Waals surface area contributed by atoms with Gasteiger partial charge in [-0.05, 0) is 24.6 Å². The molecule has 0 spiro atoms. The highest BCUT2D eigenvalue weighted by atomic mass is 79.9. The number of hydrogen-bond acceptors (Lipinski definition) is 3. The van der Waals surface area contributed by atoms with E-state index in [0.29, 0.717) is 24.3 Å². The summed E-state index contributed by atoms with van der Waals surface area (Å²) in [5, 5.41) is 10.9. The molecule has 1 aliphatic rings. The van der Waals surface area contributed by atoms with E-state index in [0.717, 1.165) is 10.9 Å². The highest BCUT2D eigenvalue weighted by Crippen LogP contribution is 2.35. The lowest BCUT2D eigenvalue weighted by Gasteiger charge is -2.09. The first-order valence-corrected chi connectivity index (χ1v) is 5.53. The Bertz CT molecular complexity index is 394. The zero-order valence-corrected chi connectivity index (χ0v) is 9.57. The molecule has 0 aliphatic carbocycles. The molecule has 4 nitrogen and oxygen atoms in total. The molecule has 1 aliphatic heterocycles. The molecule has 0 amide bonds. The molecule has 2 rings (SSSR count). The Morgan fingerprint density at radius 1 is 1.53 bits per heavy atom. The molecule has 0 aromatic heterocycles. The van der Waals surface area contributed by atoms with Crippen LogP contribution in [0.3, 0.4) is 0 Å². The second kappa shape index (κ2) is 4.18. The SMILES string of the molecule is O=[N+]([O-])C1CCCOc2ccc(Br)cc21. The maximum Gasteiger partial charge on any atom is 0.241 e. The van der Waals surface area contributed by atoms with Gasteiger partial charge in [0, 0.05) is 15.8 Å². The van der Waals surface area contributed by atoms with E-state index in [1.54, 1.807) is 12.1 Å². The van der Waals surface area contributed by atoms with Crippen molar-refractivity contribution in [2.45, 2.75) is 18.9 Å². The summed E-state index contributed by atoms with van der Waals surface area (Å²) in [5.41, 5.74) is 0.673. The van der Waals surface area contributed by atoms with E-state index < -0.39 is 6.04 Å². The van der Waals surface area contributed by atoms with Crippen LogP contribution in [0.4, 0.5) is 0 Å². The van der Waals surface area contributed by atoms with E-state index in [1.165, 1.54) is 0 Å². The molecule has 80 valence electrons. The minimum Gasteiger partial charge on any atom is -0.493 e. The molecule has 0 radical (unpaired) electrons. The van der Waals surface area contributed by atoms with Crippen LogP contribution in [-0.4, -0.2) is 11.5 Å².